The lowest BCUT2D eigenvalue weighted by atomic mass is 9.71. The molecule has 2 N–H and O–H groups in total. The summed E-state index contributed by atoms with van der Waals surface area (Å²) in [5, 5.41) is 18.0. The van der Waals surface area contributed by atoms with Crippen LogP contribution in [0.2, 0.25) is 0 Å². The number of carboxylic acid groups (broad SMARTS) is 2. The molecule has 0 spiro atoms. The van der Waals surface area contributed by atoms with Crippen molar-refractivity contribution < 1.29 is 29.3 Å². The molecule has 31 heavy (non-hydrogen) atoms. The molecule has 6 nitrogen and oxygen atoms in total. The van der Waals surface area contributed by atoms with Crippen LogP contribution in [-0.4, -0.2) is 34.7 Å². The highest BCUT2D eigenvalue weighted by molar-refractivity contribution is 5.69. The zero-order valence-electron chi connectivity index (χ0n) is 19.7. The van der Waals surface area contributed by atoms with Gasteiger partial charge < -0.3 is 14.9 Å². The molecule has 0 aromatic heterocycles. The van der Waals surface area contributed by atoms with Crippen molar-refractivity contribution in [2.75, 3.05) is 6.61 Å². The van der Waals surface area contributed by atoms with Gasteiger partial charge in [0.2, 0.25) is 0 Å². The van der Waals surface area contributed by atoms with Crippen molar-refractivity contribution in [2.24, 2.45) is 23.7 Å². The average molecular weight is 441 g/mol. The lowest BCUT2D eigenvalue weighted by Crippen LogP contribution is -2.25. The van der Waals surface area contributed by atoms with Crippen molar-refractivity contribution in [3.05, 3.63) is 0 Å². The second kappa shape index (κ2) is 16.1. The minimum atomic E-state index is -0.784. The van der Waals surface area contributed by atoms with E-state index in [2.05, 4.69) is 13.8 Å². The molecule has 0 radical (unpaired) electrons. The standard InChI is InChI=1S/C25H44O6/c1-3-5-6-8-19(7-4-2)18-31-25(30)14-11-22-16-20(9-12-23(26)27)15-21(17-22)10-13-24(28)29/h19-22H,3-18H2,1-2H3,(H,26,27)(H,28,29). The number of esters is 1. The number of carbonyl (C=O) groups excluding carboxylic acids is 1. The summed E-state index contributed by atoms with van der Waals surface area (Å²) in [4.78, 5) is 34.2. The average Bonchev–Trinajstić information content (AvgIpc) is 2.73. The first-order chi connectivity index (χ1) is 14.8. The van der Waals surface area contributed by atoms with Crippen LogP contribution in [0.5, 0.6) is 0 Å². The SMILES string of the molecule is CCCCCC(CCC)COC(=O)CCC1CC(CCC(=O)O)CC(CCC(=O)O)C1. The lowest BCUT2D eigenvalue weighted by Gasteiger charge is -2.35. The Morgan fingerprint density at radius 1 is 0.774 bits per heavy atom. The normalized spacial score (nSPS) is 22.1. The van der Waals surface area contributed by atoms with Crippen molar-refractivity contribution >= 4 is 17.9 Å². The fourth-order valence-electron chi connectivity index (χ4n) is 5.07. The summed E-state index contributed by atoms with van der Waals surface area (Å²) in [6.45, 7) is 4.88. The van der Waals surface area contributed by atoms with Gasteiger partial charge in [-0.1, -0.05) is 39.5 Å². The number of carboxylic acids is 2. The van der Waals surface area contributed by atoms with E-state index in [0.29, 0.717) is 49.5 Å². The van der Waals surface area contributed by atoms with Gasteiger partial charge in [-0.15, -0.1) is 0 Å². The van der Waals surface area contributed by atoms with E-state index < -0.39 is 11.9 Å². The molecule has 0 aliphatic heterocycles. The van der Waals surface area contributed by atoms with Gasteiger partial charge in [0.1, 0.15) is 0 Å². The highest BCUT2D eigenvalue weighted by Crippen LogP contribution is 2.40. The van der Waals surface area contributed by atoms with Gasteiger partial charge in [0.05, 0.1) is 6.61 Å². The number of rotatable bonds is 17. The lowest BCUT2D eigenvalue weighted by molar-refractivity contribution is -0.145. The molecule has 0 saturated heterocycles. The molecule has 3 unspecified atom stereocenters. The number of carbonyl (C=O) groups is 3. The first-order valence-corrected chi connectivity index (χ1v) is 12.4. The van der Waals surface area contributed by atoms with Crippen LogP contribution >= 0.6 is 0 Å². The zero-order chi connectivity index (χ0) is 23.1. The second-order valence-electron chi connectivity index (χ2n) is 9.54. The van der Waals surface area contributed by atoms with E-state index in [1.807, 2.05) is 0 Å². The van der Waals surface area contributed by atoms with Crippen LogP contribution in [0.3, 0.4) is 0 Å². The van der Waals surface area contributed by atoms with Gasteiger partial charge in [-0.2, -0.15) is 0 Å². The summed E-state index contributed by atoms with van der Waals surface area (Å²) in [6.07, 6.45) is 12.4. The monoisotopic (exact) mass is 440 g/mol. The van der Waals surface area contributed by atoms with Gasteiger partial charge in [0, 0.05) is 19.3 Å². The Kier molecular flexibility index (Phi) is 14.3. The van der Waals surface area contributed by atoms with Crippen molar-refractivity contribution in [1.29, 1.82) is 0 Å². The van der Waals surface area contributed by atoms with E-state index in [1.165, 1.54) is 19.3 Å². The maximum absolute atomic E-state index is 12.3. The molecular formula is C25H44O6. The minimum absolute atomic E-state index is 0.133. The summed E-state index contributed by atoms with van der Waals surface area (Å²) >= 11 is 0. The Morgan fingerprint density at radius 3 is 1.74 bits per heavy atom. The molecule has 6 heteroatoms. The summed E-state index contributed by atoms with van der Waals surface area (Å²) in [6, 6.07) is 0. The molecular weight excluding hydrogens is 396 g/mol. The van der Waals surface area contributed by atoms with Crippen LogP contribution in [0.1, 0.15) is 110 Å². The van der Waals surface area contributed by atoms with Crippen LogP contribution in [0, 0.1) is 23.7 Å². The Hall–Kier alpha value is -1.59. The fourth-order valence-corrected chi connectivity index (χ4v) is 5.07. The molecule has 180 valence electrons. The van der Waals surface area contributed by atoms with Gasteiger partial charge in [-0.3, -0.25) is 14.4 Å². The largest absolute Gasteiger partial charge is 0.481 e. The molecule has 0 heterocycles. The quantitative estimate of drug-likeness (QED) is 0.210. The zero-order valence-corrected chi connectivity index (χ0v) is 19.7. The van der Waals surface area contributed by atoms with Gasteiger partial charge >= 0.3 is 17.9 Å². The van der Waals surface area contributed by atoms with Gasteiger partial charge in [-0.05, 0) is 75.0 Å². The summed E-state index contributed by atoms with van der Waals surface area (Å²) in [5.74, 6) is -0.298. The molecule has 1 aliphatic rings. The molecule has 0 aromatic rings. The van der Waals surface area contributed by atoms with Crippen LogP contribution in [-0.2, 0) is 19.1 Å². The summed E-state index contributed by atoms with van der Waals surface area (Å²) in [5.41, 5.74) is 0. The number of aliphatic carboxylic acids is 2. The number of hydrogen-bond donors (Lipinski definition) is 2. The van der Waals surface area contributed by atoms with E-state index in [1.54, 1.807) is 0 Å². The molecule has 1 fully saturated rings. The molecule has 1 saturated carbocycles. The van der Waals surface area contributed by atoms with E-state index in [9.17, 15) is 14.4 Å². The maximum Gasteiger partial charge on any atom is 0.305 e. The van der Waals surface area contributed by atoms with Crippen molar-refractivity contribution in [3.8, 4) is 0 Å². The minimum Gasteiger partial charge on any atom is -0.481 e. The summed E-state index contributed by atoms with van der Waals surface area (Å²) < 4.78 is 5.60. The fraction of sp³-hybridized carbons (Fsp3) is 0.880. The first-order valence-electron chi connectivity index (χ1n) is 12.4. The number of ether oxygens (including phenoxy) is 1. The van der Waals surface area contributed by atoms with E-state index in [0.717, 1.165) is 44.9 Å². The molecule has 3 atom stereocenters. The van der Waals surface area contributed by atoms with Crippen molar-refractivity contribution in [1.82, 2.24) is 0 Å². The summed E-state index contributed by atoms with van der Waals surface area (Å²) in [7, 11) is 0. The van der Waals surface area contributed by atoms with E-state index in [4.69, 9.17) is 14.9 Å². The van der Waals surface area contributed by atoms with Crippen LogP contribution < -0.4 is 0 Å². The topological polar surface area (TPSA) is 101 Å². The predicted molar refractivity (Wildman–Crippen MR) is 121 cm³/mol. The number of hydrogen-bond acceptors (Lipinski definition) is 4. The Morgan fingerprint density at radius 2 is 1.29 bits per heavy atom. The Labute approximate surface area is 188 Å². The molecule has 0 aromatic carbocycles. The van der Waals surface area contributed by atoms with E-state index >= 15 is 0 Å². The smallest absolute Gasteiger partial charge is 0.305 e. The van der Waals surface area contributed by atoms with Gasteiger partial charge in [0.15, 0.2) is 0 Å². The molecule has 1 aliphatic carbocycles. The maximum atomic E-state index is 12.3. The first kappa shape index (κ1) is 27.4. The van der Waals surface area contributed by atoms with E-state index in [-0.39, 0.29) is 18.8 Å². The molecule has 0 bridgehead atoms. The Balaban J connectivity index is 2.46. The van der Waals surface area contributed by atoms with Crippen LogP contribution in [0.4, 0.5) is 0 Å². The molecule has 0 amide bonds. The van der Waals surface area contributed by atoms with Crippen LogP contribution in [0.15, 0.2) is 0 Å². The number of unbranched alkanes of at least 4 members (excludes halogenated alkanes) is 2. The third-order valence-electron chi connectivity index (χ3n) is 6.68. The predicted octanol–water partition coefficient (Wildman–Crippen LogP) is 6.07. The highest BCUT2D eigenvalue weighted by atomic mass is 16.5. The van der Waals surface area contributed by atoms with Crippen molar-refractivity contribution in [2.45, 2.75) is 110 Å². The van der Waals surface area contributed by atoms with Crippen molar-refractivity contribution in [3.63, 3.8) is 0 Å². The van der Waals surface area contributed by atoms with Gasteiger partial charge in [-0.25, -0.2) is 0 Å². The third kappa shape index (κ3) is 13.4. The Bertz CT molecular complexity index is 506. The second-order valence-corrected chi connectivity index (χ2v) is 9.54. The molecule has 1 rings (SSSR count). The highest BCUT2D eigenvalue weighted by Gasteiger charge is 2.29. The van der Waals surface area contributed by atoms with Gasteiger partial charge in [0.25, 0.3) is 0 Å². The van der Waals surface area contributed by atoms with Crippen LogP contribution in [0.25, 0.3) is 0 Å². The third-order valence-corrected chi connectivity index (χ3v) is 6.68.